The Kier molecular flexibility index (Phi) is 2.47. The van der Waals surface area contributed by atoms with E-state index in [1.165, 1.54) is 5.39 Å². The molecule has 68 valence electrons. The van der Waals surface area contributed by atoms with E-state index in [-0.39, 0.29) is 0 Å². The van der Waals surface area contributed by atoms with Crippen LogP contribution in [-0.2, 0) is 6.54 Å². The summed E-state index contributed by atoms with van der Waals surface area (Å²) in [6.07, 6.45) is 0. The topological polar surface area (TPSA) is 17.8 Å². The van der Waals surface area contributed by atoms with Crippen molar-refractivity contribution < 1.29 is 0 Å². The van der Waals surface area contributed by atoms with Crippen molar-refractivity contribution in [2.75, 3.05) is 0 Å². The van der Waals surface area contributed by atoms with E-state index in [1.54, 1.807) is 0 Å². The second kappa shape index (κ2) is 3.46. The van der Waals surface area contributed by atoms with Gasteiger partial charge in [-0.25, -0.2) is 0 Å². The Morgan fingerprint density at radius 2 is 2.31 bits per heavy atom. The predicted octanol–water partition coefficient (Wildman–Crippen LogP) is 3.31. The van der Waals surface area contributed by atoms with Gasteiger partial charge in [-0.05, 0) is 47.7 Å². The fourth-order valence-electron chi connectivity index (χ4n) is 1.35. The molecule has 1 heterocycles. The van der Waals surface area contributed by atoms with Gasteiger partial charge in [0.1, 0.15) is 3.70 Å². The number of aromatic nitrogens is 2. The highest BCUT2D eigenvalue weighted by molar-refractivity contribution is 14.1. The molecule has 4 heteroatoms. The van der Waals surface area contributed by atoms with Gasteiger partial charge in [0.2, 0.25) is 0 Å². The Balaban J connectivity index is 2.81. The van der Waals surface area contributed by atoms with Crippen LogP contribution in [0.15, 0.2) is 18.2 Å². The molecule has 2 aromatic rings. The fourth-order valence-corrected chi connectivity index (χ4v) is 2.23. The standard InChI is InChI=1S/C9H8ClIN2/c1-2-13-8-5-6(10)3-4-7(8)9(11)12-13/h3-5H,2H2,1H3. The van der Waals surface area contributed by atoms with E-state index in [4.69, 9.17) is 11.6 Å². The summed E-state index contributed by atoms with van der Waals surface area (Å²) < 4.78 is 2.99. The van der Waals surface area contributed by atoms with Crippen molar-refractivity contribution in [3.05, 3.63) is 26.9 Å². The zero-order chi connectivity index (χ0) is 9.42. The molecular formula is C9H8ClIN2. The fraction of sp³-hybridized carbons (Fsp3) is 0.222. The third-order valence-corrected chi connectivity index (χ3v) is 3.00. The number of halogens is 2. The quantitative estimate of drug-likeness (QED) is 0.739. The molecule has 0 saturated carbocycles. The highest BCUT2D eigenvalue weighted by Gasteiger charge is 2.06. The SMILES string of the molecule is CCn1nc(I)c2ccc(Cl)cc21. The summed E-state index contributed by atoms with van der Waals surface area (Å²) in [5.41, 5.74) is 1.11. The molecule has 1 aromatic carbocycles. The lowest BCUT2D eigenvalue weighted by atomic mass is 10.2. The number of aryl methyl sites for hydroxylation is 1. The maximum absolute atomic E-state index is 5.91. The van der Waals surface area contributed by atoms with Crippen molar-refractivity contribution in [3.8, 4) is 0 Å². The second-order valence-corrected chi connectivity index (χ2v) is 4.23. The van der Waals surface area contributed by atoms with Gasteiger partial charge < -0.3 is 0 Å². The first kappa shape index (κ1) is 9.27. The molecule has 0 radical (unpaired) electrons. The molecule has 0 aliphatic rings. The van der Waals surface area contributed by atoms with E-state index in [1.807, 2.05) is 22.9 Å². The number of benzene rings is 1. The molecule has 2 rings (SSSR count). The summed E-state index contributed by atoms with van der Waals surface area (Å²) in [4.78, 5) is 0. The van der Waals surface area contributed by atoms with E-state index in [0.717, 1.165) is 20.8 Å². The zero-order valence-corrected chi connectivity index (χ0v) is 10.0. The number of nitrogens with zero attached hydrogens (tertiary/aromatic N) is 2. The van der Waals surface area contributed by atoms with Crippen LogP contribution in [0.25, 0.3) is 10.9 Å². The molecule has 0 saturated heterocycles. The molecule has 0 atom stereocenters. The van der Waals surface area contributed by atoms with Gasteiger partial charge in [0.05, 0.1) is 5.52 Å². The van der Waals surface area contributed by atoms with Crippen molar-refractivity contribution >= 4 is 45.1 Å². The van der Waals surface area contributed by atoms with Gasteiger partial charge in [-0.2, -0.15) is 5.10 Å². The highest BCUT2D eigenvalue weighted by atomic mass is 127. The molecule has 0 aliphatic carbocycles. The first-order chi connectivity index (χ1) is 6.22. The number of hydrogen-bond acceptors (Lipinski definition) is 1. The molecule has 0 unspecified atom stereocenters. The second-order valence-electron chi connectivity index (χ2n) is 2.77. The van der Waals surface area contributed by atoms with E-state index in [0.29, 0.717) is 0 Å². The van der Waals surface area contributed by atoms with Crippen LogP contribution in [0.5, 0.6) is 0 Å². The number of fused-ring (bicyclic) bond motifs is 1. The van der Waals surface area contributed by atoms with Crippen LogP contribution in [0.4, 0.5) is 0 Å². The lowest BCUT2D eigenvalue weighted by Crippen LogP contribution is -1.95. The van der Waals surface area contributed by atoms with Crippen LogP contribution in [0.1, 0.15) is 6.92 Å². The Hall–Kier alpha value is -0.290. The maximum atomic E-state index is 5.91. The van der Waals surface area contributed by atoms with Crippen molar-refractivity contribution in [2.24, 2.45) is 0 Å². The summed E-state index contributed by atoms with van der Waals surface area (Å²) in [5.74, 6) is 0. The molecular weight excluding hydrogens is 298 g/mol. The maximum Gasteiger partial charge on any atom is 0.131 e. The minimum atomic E-state index is 0.763. The van der Waals surface area contributed by atoms with Crippen molar-refractivity contribution in [2.45, 2.75) is 13.5 Å². The van der Waals surface area contributed by atoms with E-state index >= 15 is 0 Å². The van der Waals surface area contributed by atoms with Gasteiger partial charge in [-0.15, -0.1) is 0 Å². The van der Waals surface area contributed by atoms with E-state index in [2.05, 4.69) is 34.6 Å². The van der Waals surface area contributed by atoms with Crippen LogP contribution in [0.3, 0.4) is 0 Å². The Morgan fingerprint density at radius 3 is 3.00 bits per heavy atom. The first-order valence-electron chi connectivity index (χ1n) is 4.04. The summed E-state index contributed by atoms with van der Waals surface area (Å²) >= 11 is 8.15. The van der Waals surface area contributed by atoms with Crippen LogP contribution in [0.2, 0.25) is 5.02 Å². The van der Waals surface area contributed by atoms with E-state index < -0.39 is 0 Å². The molecule has 1 aromatic heterocycles. The largest absolute Gasteiger partial charge is 0.264 e. The third-order valence-electron chi connectivity index (χ3n) is 1.97. The molecule has 0 N–H and O–H groups in total. The number of hydrogen-bond donors (Lipinski definition) is 0. The summed E-state index contributed by atoms with van der Waals surface area (Å²) in [6, 6.07) is 5.86. The van der Waals surface area contributed by atoms with E-state index in [9.17, 15) is 0 Å². The minimum Gasteiger partial charge on any atom is -0.264 e. The molecule has 2 nitrogen and oxygen atoms in total. The van der Waals surface area contributed by atoms with Crippen molar-refractivity contribution in [1.29, 1.82) is 0 Å². The molecule has 0 bridgehead atoms. The molecule has 0 aliphatic heterocycles. The Bertz CT molecular complexity index is 450. The zero-order valence-electron chi connectivity index (χ0n) is 7.09. The lowest BCUT2D eigenvalue weighted by Gasteiger charge is -1.97. The Morgan fingerprint density at radius 1 is 1.54 bits per heavy atom. The molecule has 0 amide bonds. The van der Waals surface area contributed by atoms with Crippen LogP contribution in [0, 0.1) is 3.70 Å². The average Bonchev–Trinajstić information content (AvgIpc) is 2.42. The smallest absolute Gasteiger partial charge is 0.131 e. The lowest BCUT2D eigenvalue weighted by molar-refractivity contribution is 0.678. The normalized spacial score (nSPS) is 11.0. The third kappa shape index (κ3) is 1.55. The Labute approximate surface area is 95.0 Å². The predicted molar refractivity (Wildman–Crippen MR) is 63.1 cm³/mol. The minimum absolute atomic E-state index is 0.763. The molecule has 0 fully saturated rings. The number of rotatable bonds is 1. The monoisotopic (exact) mass is 306 g/mol. The first-order valence-corrected chi connectivity index (χ1v) is 5.49. The van der Waals surface area contributed by atoms with Gasteiger partial charge in [-0.1, -0.05) is 11.6 Å². The average molecular weight is 307 g/mol. The van der Waals surface area contributed by atoms with Gasteiger partial charge in [0.25, 0.3) is 0 Å². The highest BCUT2D eigenvalue weighted by Crippen LogP contribution is 2.23. The van der Waals surface area contributed by atoms with Gasteiger partial charge >= 0.3 is 0 Å². The van der Waals surface area contributed by atoms with Gasteiger partial charge in [0, 0.05) is 17.0 Å². The van der Waals surface area contributed by atoms with Crippen LogP contribution in [-0.4, -0.2) is 9.78 Å². The summed E-state index contributed by atoms with van der Waals surface area (Å²) in [5, 5.41) is 6.33. The summed E-state index contributed by atoms with van der Waals surface area (Å²) in [6.45, 7) is 2.95. The van der Waals surface area contributed by atoms with Gasteiger partial charge in [0.15, 0.2) is 0 Å². The van der Waals surface area contributed by atoms with Gasteiger partial charge in [-0.3, -0.25) is 4.68 Å². The van der Waals surface area contributed by atoms with Crippen molar-refractivity contribution in [1.82, 2.24) is 9.78 Å². The van der Waals surface area contributed by atoms with Crippen LogP contribution < -0.4 is 0 Å². The molecule has 0 spiro atoms. The van der Waals surface area contributed by atoms with Crippen molar-refractivity contribution in [3.63, 3.8) is 0 Å². The molecule has 13 heavy (non-hydrogen) atoms. The summed E-state index contributed by atoms with van der Waals surface area (Å²) in [7, 11) is 0. The van der Waals surface area contributed by atoms with Crippen LogP contribution >= 0.6 is 34.2 Å².